The minimum Gasteiger partial charge on any atom is -0.490 e. The van der Waals surface area contributed by atoms with Crippen LogP contribution in [-0.2, 0) is 4.74 Å². The van der Waals surface area contributed by atoms with Crippen LogP contribution in [0.2, 0.25) is 0 Å². The Labute approximate surface area is 110 Å². The first-order chi connectivity index (χ1) is 8.69. The fraction of sp³-hybridized carbons (Fsp3) is 0.643. The third-order valence-electron chi connectivity index (χ3n) is 2.71. The van der Waals surface area contributed by atoms with Crippen LogP contribution in [0.3, 0.4) is 0 Å². The SMILES string of the molecule is CCCOc1cccnc1NC(COC)C(C)C. The highest BCUT2D eigenvalue weighted by atomic mass is 16.5. The third kappa shape index (κ3) is 4.53. The van der Waals surface area contributed by atoms with E-state index in [-0.39, 0.29) is 6.04 Å². The summed E-state index contributed by atoms with van der Waals surface area (Å²) in [5.41, 5.74) is 0. The highest BCUT2D eigenvalue weighted by Gasteiger charge is 2.15. The predicted molar refractivity (Wildman–Crippen MR) is 74.1 cm³/mol. The molecule has 1 aromatic heterocycles. The van der Waals surface area contributed by atoms with Crippen LogP contribution in [0.4, 0.5) is 5.82 Å². The molecule has 0 fully saturated rings. The van der Waals surface area contributed by atoms with Gasteiger partial charge in [-0.15, -0.1) is 0 Å². The molecule has 4 heteroatoms. The highest BCUT2D eigenvalue weighted by molar-refractivity contribution is 5.50. The Bertz CT molecular complexity index is 342. The van der Waals surface area contributed by atoms with Crippen molar-refractivity contribution in [1.29, 1.82) is 0 Å². The molecule has 1 N–H and O–H groups in total. The molecule has 0 aliphatic carbocycles. The van der Waals surface area contributed by atoms with Crippen LogP contribution in [0.5, 0.6) is 5.75 Å². The summed E-state index contributed by atoms with van der Waals surface area (Å²) in [5, 5.41) is 3.40. The van der Waals surface area contributed by atoms with Crippen LogP contribution in [0.1, 0.15) is 27.2 Å². The number of hydrogen-bond donors (Lipinski definition) is 1. The second-order valence-corrected chi connectivity index (χ2v) is 4.65. The van der Waals surface area contributed by atoms with Gasteiger partial charge in [0.25, 0.3) is 0 Å². The smallest absolute Gasteiger partial charge is 0.169 e. The van der Waals surface area contributed by atoms with Crippen molar-refractivity contribution in [2.75, 3.05) is 25.6 Å². The van der Waals surface area contributed by atoms with E-state index in [0.717, 1.165) is 18.0 Å². The number of nitrogens with one attached hydrogen (secondary N) is 1. The average Bonchev–Trinajstić information content (AvgIpc) is 2.37. The lowest BCUT2D eigenvalue weighted by atomic mass is 10.1. The van der Waals surface area contributed by atoms with Gasteiger partial charge in [-0.2, -0.15) is 0 Å². The number of anilines is 1. The maximum atomic E-state index is 5.68. The van der Waals surface area contributed by atoms with E-state index >= 15 is 0 Å². The van der Waals surface area contributed by atoms with E-state index in [4.69, 9.17) is 9.47 Å². The van der Waals surface area contributed by atoms with Crippen molar-refractivity contribution >= 4 is 5.82 Å². The molecule has 1 atom stereocenters. The van der Waals surface area contributed by atoms with Gasteiger partial charge in [0.2, 0.25) is 0 Å². The molecule has 0 aromatic carbocycles. The average molecular weight is 252 g/mol. The van der Waals surface area contributed by atoms with Gasteiger partial charge in [0.05, 0.1) is 19.3 Å². The monoisotopic (exact) mass is 252 g/mol. The first kappa shape index (κ1) is 14.8. The van der Waals surface area contributed by atoms with Crippen LogP contribution in [-0.4, -0.2) is 31.3 Å². The van der Waals surface area contributed by atoms with Crippen molar-refractivity contribution in [2.24, 2.45) is 5.92 Å². The van der Waals surface area contributed by atoms with E-state index in [0.29, 0.717) is 19.1 Å². The summed E-state index contributed by atoms with van der Waals surface area (Å²) < 4.78 is 10.9. The van der Waals surface area contributed by atoms with Crippen molar-refractivity contribution in [3.05, 3.63) is 18.3 Å². The molecule has 0 aliphatic rings. The number of rotatable bonds is 8. The summed E-state index contributed by atoms with van der Waals surface area (Å²) >= 11 is 0. The molecular weight excluding hydrogens is 228 g/mol. The van der Waals surface area contributed by atoms with Gasteiger partial charge in [-0.25, -0.2) is 4.98 Å². The van der Waals surface area contributed by atoms with Gasteiger partial charge in [0.15, 0.2) is 11.6 Å². The molecule has 1 heterocycles. The van der Waals surface area contributed by atoms with E-state index in [1.165, 1.54) is 0 Å². The molecule has 0 spiro atoms. The lowest BCUT2D eigenvalue weighted by Crippen LogP contribution is -2.31. The number of hydrogen-bond acceptors (Lipinski definition) is 4. The Morgan fingerprint density at radius 1 is 1.39 bits per heavy atom. The maximum Gasteiger partial charge on any atom is 0.169 e. The molecule has 0 aliphatic heterocycles. The number of methoxy groups -OCH3 is 1. The van der Waals surface area contributed by atoms with Gasteiger partial charge in [-0.1, -0.05) is 20.8 Å². The maximum absolute atomic E-state index is 5.68. The molecule has 4 nitrogen and oxygen atoms in total. The fourth-order valence-electron chi connectivity index (χ4n) is 1.58. The van der Waals surface area contributed by atoms with Crippen LogP contribution in [0, 0.1) is 5.92 Å². The van der Waals surface area contributed by atoms with Gasteiger partial charge in [-0.05, 0) is 24.5 Å². The van der Waals surface area contributed by atoms with E-state index in [9.17, 15) is 0 Å². The molecule has 0 saturated carbocycles. The number of ether oxygens (including phenoxy) is 2. The molecule has 0 amide bonds. The zero-order chi connectivity index (χ0) is 13.4. The van der Waals surface area contributed by atoms with Crippen LogP contribution in [0.25, 0.3) is 0 Å². The summed E-state index contributed by atoms with van der Waals surface area (Å²) in [6.45, 7) is 7.77. The molecule has 1 rings (SSSR count). The lowest BCUT2D eigenvalue weighted by Gasteiger charge is -2.23. The molecule has 1 aromatic rings. The second-order valence-electron chi connectivity index (χ2n) is 4.65. The largest absolute Gasteiger partial charge is 0.490 e. The molecule has 0 radical (unpaired) electrons. The van der Waals surface area contributed by atoms with Gasteiger partial charge < -0.3 is 14.8 Å². The Hall–Kier alpha value is -1.29. The van der Waals surface area contributed by atoms with Crippen molar-refractivity contribution < 1.29 is 9.47 Å². The Kier molecular flexibility index (Phi) is 6.50. The molecule has 0 bridgehead atoms. The molecule has 1 unspecified atom stereocenters. The Balaban J connectivity index is 2.74. The van der Waals surface area contributed by atoms with E-state index in [2.05, 4.69) is 31.1 Å². The summed E-state index contributed by atoms with van der Waals surface area (Å²) in [6.07, 6.45) is 2.76. The summed E-state index contributed by atoms with van der Waals surface area (Å²) in [4.78, 5) is 4.34. The summed E-state index contributed by atoms with van der Waals surface area (Å²) in [5.74, 6) is 2.06. The summed E-state index contributed by atoms with van der Waals surface area (Å²) in [7, 11) is 1.71. The minimum absolute atomic E-state index is 0.230. The minimum atomic E-state index is 0.230. The van der Waals surface area contributed by atoms with Gasteiger partial charge in [-0.3, -0.25) is 0 Å². The lowest BCUT2D eigenvalue weighted by molar-refractivity contribution is 0.170. The van der Waals surface area contributed by atoms with Crippen LogP contribution >= 0.6 is 0 Å². The zero-order valence-corrected chi connectivity index (χ0v) is 11.8. The van der Waals surface area contributed by atoms with Crippen molar-refractivity contribution in [1.82, 2.24) is 4.98 Å². The topological polar surface area (TPSA) is 43.4 Å². The Morgan fingerprint density at radius 2 is 2.17 bits per heavy atom. The van der Waals surface area contributed by atoms with Crippen molar-refractivity contribution in [2.45, 2.75) is 33.2 Å². The second kappa shape index (κ2) is 7.93. The van der Waals surface area contributed by atoms with Crippen LogP contribution < -0.4 is 10.1 Å². The first-order valence-electron chi connectivity index (χ1n) is 6.52. The fourth-order valence-corrected chi connectivity index (χ4v) is 1.58. The molecule has 18 heavy (non-hydrogen) atoms. The van der Waals surface area contributed by atoms with E-state index in [1.807, 2.05) is 12.1 Å². The summed E-state index contributed by atoms with van der Waals surface area (Å²) in [6, 6.07) is 4.06. The quantitative estimate of drug-likeness (QED) is 0.772. The zero-order valence-electron chi connectivity index (χ0n) is 11.8. The molecular formula is C14H24N2O2. The standard InChI is InChI=1S/C14H24N2O2/c1-5-9-18-13-7-6-8-15-14(13)16-12(10-17-4)11(2)3/h6-8,11-12H,5,9-10H2,1-4H3,(H,15,16). The normalized spacial score (nSPS) is 12.5. The van der Waals surface area contributed by atoms with E-state index in [1.54, 1.807) is 13.3 Å². The third-order valence-corrected chi connectivity index (χ3v) is 2.71. The highest BCUT2D eigenvalue weighted by Crippen LogP contribution is 2.23. The number of aromatic nitrogens is 1. The molecule has 102 valence electrons. The predicted octanol–water partition coefficient (Wildman–Crippen LogP) is 2.95. The Morgan fingerprint density at radius 3 is 2.78 bits per heavy atom. The first-order valence-corrected chi connectivity index (χ1v) is 6.52. The van der Waals surface area contributed by atoms with Gasteiger partial charge in [0, 0.05) is 13.3 Å². The van der Waals surface area contributed by atoms with Crippen molar-refractivity contribution in [3.63, 3.8) is 0 Å². The van der Waals surface area contributed by atoms with Gasteiger partial charge in [0.1, 0.15) is 0 Å². The van der Waals surface area contributed by atoms with Crippen molar-refractivity contribution in [3.8, 4) is 5.75 Å². The molecule has 0 saturated heterocycles. The van der Waals surface area contributed by atoms with E-state index < -0.39 is 0 Å². The van der Waals surface area contributed by atoms with Crippen LogP contribution in [0.15, 0.2) is 18.3 Å². The van der Waals surface area contributed by atoms with Gasteiger partial charge >= 0.3 is 0 Å². The number of pyridine rings is 1. The number of nitrogens with zero attached hydrogens (tertiary/aromatic N) is 1.